The van der Waals surface area contributed by atoms with Crippen LogP contribution in [0.25, 0.3) is 11.3 Å². The topological polar surface area (TPSA) is 64.4 Å². The van der Waals surface area contributed by atoms with Crippen molar-refractivity contribution in [1.29, 1.82) is 0 Å². The van der Waals surface area contributed by atoms with Crippen molar-refractivity contribution in [2.75, 3.05) is 0 Å². The summed E-state index contributed by atoms with van der Waals surface area (Å²) in [6.45, 7) is 2.23. The fourth-order valence-corrected chi connectivity index (χ4v) is 3.01. The molecule has 0 bridgehead atoms. The van der Waals surface area contributed by atoms with Crippen LogP contribution in [0, 0.1) is 5.82 Å². The van der Waals surface area contributed by atoms with E-state index in [0.29, 0.717) is 11.5 Å². The number of aromatic nitrogens is 1. The van der Waals surface area contributed by atoms with E-state index in [1.807, 2.05) is 25.1 Å². The maximum absolute atomic E-state index is 13.2. The number of amides is 1. The summed E-state index contributed by atoms with van der Waals surface area (Å²) in [5.74, 6) is 0.722. The Morgan fingerprint density at radius 3 is 3.00 bits per heavy atom. The lowest BCUT2D eigenvalue weighted by atomic mass is 10.1. The van der Waals surface area contributed by atoms with Crippen LogP contribution in [-0.4, -0.2) is 17.2 Å². The minimum atomic E-state index is -0.448. The Hall–Kier alpha value is -3.15. The lowest BCUT2D eigenvalue weighted by Crippen LogP contribution is -2.22. The SMILES string of the molecule is CC1Cc2cc(-c3cc(CNC(=O)c4cccc(F)c4)no3)ccc2O1. The van der Waals surface area contributed by atoms with Crippen molar-refractivity contribution in [2.45, 2.75) is 26.0 Å². The number of rotatable bonds is 4. The van der Waals surface area contributed by atoms with Crippen molar-refractivity contribution < 1.29 is 18.4 Å². The quantitative estimate of drug-likeness (QED) is 0.777. The van der Waals surface area contributed by atoms with E-state index < -0.39 is 5.82 Å². The average Bonchev–Trinajstić information content (AvgIpc) is 3.24. The van der Waals surface area contributed by atoms with Gasteiger partial charge in [-0.1, -0.05) is 11.2 Å². The van der Waals surface area contributed by atoms with Crippen LogP contribution >= 0.6 is 0 Å². The molecular formula is C20H17FN2O3. The van der Waals surface area contributed by atoms with Crippen LogP contribution in [0.15, 0.2) is 53.1 Å². The van der Waals surface area contributed by atoms with Crippen molar-refractivity contribution in [3.05, 3.63) is 71.2 Å². The highest BCUT2D eigenvalue weighted by Gasteiger charge is 2.20. The maximum Gasteiger partial charge on any atom is 0.251 e. The first-order valence-corrected chi connectivity index (χ1v) is 8.38. The van der Waals surface area contributed by atoms with Crippen LogP contribution in [-0.2, 0) is 13.0 Å². The number of ether oxygens (including phenoxy) is 1. The van der Waals surface area contributed by atoms with Gasteiger partial charge in [0.25, 0.3) is 5.91 Å². The molecule has 4 rings (SSSR count). The van der Waals surface area contributed by atoms with Crippen molar-refractivity contribution in [2.24, 2.45) is 0 Å². The number of hydrogen-bond acceptors (Lipinski definition) is 4. The number of halogens is 1. The number of fused-ring (bicyclic) bond motifs is 1. The minimum Gasteiger partial charge on any atom is -0.490 e. The smallest absolute Gasteiger partial charge is 0.251 e. The van der Waals surface area contributed by atoms with Gasteiger partial charge in [0.1, 0.15) is 23.4 Å². The van der Waals surface area contributed by atoms with Crippen molar-refractivity contribution in [3.63, 3.8) is 0 Å². The fourth-order valence-electron chi connectivity index (χ4n) is 3.01. The molecule has 1 aromatic heterocycles. The summed E-state index contributed by atoms with van der Waals surface area (Å²) in [4.78, 5) is 12.1. The van der Waals surface area contributed by atoms with E-state index in [2.05, 4.69) is 10.5 Å². The van der Waals surface area contributed by atoms with Crippen LogP contribution in [0.5, 0.6) is 5.75 Å². The highest BCUT2D eigenvalue weighted by molar-refractivity contribution is 5.94. The molecule has 0 spiro atoms. The summed E-state index contributed by atoms with van der Waals surface area (Å²) in [7, 11) is 0. The second-order valence-corrected chi connectivity index (χ2v) is 6.33. The maximum atomic E-state index is 13.2. The molecule has 0 saturated heterocycles. The summed E-state index contributed by atoms with van der Waals surface area (Å²) in [5, 5.41) is 6.70. The lowest BCUT2D eigenvalue weighted by molar-refractivity contribution is 0.0949. The number of hydrogen-bond donors (Lipinski definition) is 1. The largest absolute Gasteiger partial charge is 0.490 e. The molecule has 6 heteroatoms. The Labute approximate surface area is 149 Å². The van der Waals surface area contributed by atoms with E-state index in [-0.39, 0.29) is 24.1 Å². The molecule has 1 aliphatic rings. The summed E-state index contributed by atoms with van der Waals surface area (Å²) < 4.78 is 24.3. The first-order chi connectivity index (χ1) is 12.6. The molecule has 0 radical (unpaired) electrons. The molecule has 2 aromatic carbocycles. The predicted octanol–water partition coefficient (Wildman–Crippen LogP) is 3.73. The minimum absolute atomic E-state index is 0.184. The Balaban J connectivity index is 1.44. The first kappa shape index (κ1) is 16.3. The van der Waals surface area contributed by atoms with Crippen LogP contribution < -0.4 is 10.1 Å². The van der Waals surface area contributed by atoms with E-state index in [1.165, 1.54) is 18.2 Å². The van der Waals surface area contributed by atoms with E-state index in [0.717, 1.165) is 23.3 Å². The molecule has 1 atom stereocenters. The Bertz CT molecular complexity index is 967. The van der Waals surface area contributed by atoms with Gasteiger partial charge in [-0.05, 0) is 48.9 Å². The van der Waals surface area contributed by atoms with E-state index in [9.17, 15) is 9.18 Å². The summed E-state index contributed by atoms with van der Waals surface area (Å²) in [6.07, 6.45) is 1.05. The van der Waals surface area contributed by atoms with Gasteiger partial charge in [-0.25, -0.2) is 4.39 Å². The fraction of sp³-hybridized carbons (Fsp3) is 0.200. The molecule has 0 saturated carbocycles. The van der Waals surface area contributed by atoms with Gasteiger partial charge in [-0.15, -0.1) is 0 Å². The molecular weight excluding hydrogens is 335 g/mol. The summed E-state index contributed by atoms with van der Waals surface area (Å²) in [5.41, 5.74) is 2.92. The van der Waals surface area contributed by atoms with Gasteiger partial charge in [0, 0.05) is 23.6 Å². The van der Waals surface area contributed by atoms with Gasteiger partial charge in [-0.3, -0.25) is 4.79 Å². The average molecular weight is 352 g/mol. The van der Waals surface area contributed by atoms with Gasteiger partial charge in [0.15, 0.2) is 5.76 Å². The normalized spacial score (nSPS) is 15.4. The lowest BCUT2D eigenvalue weighted by Gasteiger charge is -2.02. The molecule has 3 aromatic rings. The molecule has 1 amide bonds. The third-order valence-corrected chi connectivity index (χ3v) is 4.26. The molecule has 5 nitrogen and oxygen atoms in total. The Morgan fingerprint density at radius 2 is 2.15 bits per heavy atom. The van der Waals surface area contributed by atoms with E-state index in [4.69, 9.17) is 9.26 Å². The van der Waals surface area contributed by atoms with Crippen LogP contribution in [0.1, 0.15) is 28.5 Å². The van der Waals surface area contributed by atoms with Crippen LogP contribution in [0.4, 0.5) is 4.39 Å². The second kappa shape index (κ2) is 6.63. The predicted molar refractivity (Wildman–Crippen MR) is 93.3 cm³/mol. The van der Waals surface area contributed by atoms with Gasteiger partial charge >= 0.3 is 0 Å². The molecule has 0 fully saturated rings. The number of nitrogens with one attached hydrogen (secondary N) is 1. The van der Waals surface area contributed by atoms with Gasteiger partial charge in [-0.2, -0.15) is 0 Å². The summed E-state index contributed by atoms with van der Waals surface area (Å²) in [6, 6.07) is 13.2. The second-order valence-electron chi connectivity index (χ2n) is 6.33. The molecule has 0 aliphatic carbocycles. The third kappa shape index (κ3) is 3.31. The van der Waals surface area contributed by atoms with Crippen molar-refractivity contribution in [1.82, 2.24) is 10.5 Å². The van der Waals surface area contributed by atoms with Gasteiger partial charge in [0.2, 0.25) is 0 Å². The van der Waals surface area contributed by atoms with Crippen molar-refractivity contribution in [3.8, 4) is 17.1 Å². The van der Waals surface area contributed by atoms with Gasteiger partial charge in [0.05, 0.1) is 6.54 Å². The standard InChI is InChI=1S/C20H17FN2O3/c1-12-7-15-8-13(5-6-18(15)25-12)19-10-17(23-26-19)11-22-20(24)14-3-2-4-16(21)9-14/h2-6,8-10,12H,7,11H2,1H3,(H,22,24). The molecule has 1 aliphatic heterocycles. The third-order valence-electron chi connectivity index (χ3n) is 4.26. The number of nitrogens with zero attached hydrogens (tertiary/aromatic N) is 1. The van der Waals surface area contributed by atoms with E-state index >= 15 is 0 Å². The Morgan fingerprint density at radius 1 is 1.27 bits per heavy atom. The van der Waals surface area contributed by atoms with Crippen LogP contribution in [0.2, 0.25) is 0 Å². The zero-order valence-electron chi connectivity index (χ0n) is 14.2. The molecule has 2 heterocycles. The number of carbonyl (C=O) groups is 1. The Kier molecular flexibility index (Phi) is 4.16. The zero-order valence-corrected chi connectivity index (χ0v) is 14.2. The molecule has 132 valence electrons. The van der Waals surface area contributed by atoms with Crippen molar-refractivity contribution >= 4 is 5.91 Å². The summed E-state index contributed by atoms with van der Waals surface area (Å²) >= 11 is 0. The highest BCUT2D eigenvalue weighted by Crippen LogP contribution is 2.33. The first-order valence-electron chi connectivity index (χ1n) is 8.38. The number of benzene rings is 2. The highest BCUT2D eigenvalue weighted by atomic mass is 19.1. The monoisotopic (exact) mass is 352 g/mol. The zero-order chi connectivity index (χ0) is 18.1. The molecule has 26 heavy (non-hydrogen) atoms. The molecule has 1 N–H and O–H groups in total. The van der Waals surface area contributed by atoms with Crippen LogP contribution in [0.3, 0.4) is 0 Å². The number of carbonyl (C=O) groups excluding carboxylic acids is 1. The molecule has 1 unspecified atom stereocenters. The van der Waals surface area contributed by atoms with E-state index in [1.54, 1.807) is 12.1 Å². The van der Waals surface area contributed by atoms with Gasteiger partial charge < -0.3 is 14.6 Å².